The molecule has 1 aromatic heterocycles. The van der Waals surface area contributed by atoms with Gasteiger partial charge in [0.2, 0.25) is 5.36 Å². The minimum Gasteiger partial charge on any atom is -0.456 e. The minimum atomic E-state index is -4.36. The molecule has 296 valence electrons. The van der Waals surface area contributed by atoms with Crippen LogP contribution in [0.4, 0.5) is 5.69 Å². The molecule has 1 atom stereocenters. The predicted octanol–water partition coefficient (Wildman–Crippen LogP) is 2.92. The van der Waals surface area contributed by atoms with Gasteiger partial charge in [-0.2, -0.15) is 8.42 Å². The first kappa shape index (κ1) is 39.1. The van der Waals surface area contributed by atoms with Crippen molar-refractivity contribution in [2.75, 3.05) is 23.7 Å². The zero-order valence-electron chi connectivity index (χ0n) is 33.1. The fourth-order valence-corrected chi connectivity index (χ4v) is 9.96. The second-order valence-corrected chi connectivity index (χ2v) is 17.6. The van der Waals surface area contributed by atoms with Crippen LogP contribution >= 0.6 is 0 Å². The van der Waals surface area contributed by atoms with Gasteiger partial charge in [-0.3, -0.25) is 18.9 Å². The molecule has 0 spiro atoms. The van der Waals surface area contributed by atoms with Crippen molar-refractivity contribution in [1.29, 1.82) is 0 Å². The van der Waals surface area contributed by atoms with E-state index < -0.39 is 57.4 Å². The van der Waals surface area contributed by atoms with Gasteiger partial charge in [0, 0.05) is 65.4 Å². The second kappa shape index (κ2) is 13.8. The number of Topliss-reactive ketones (excluding diaryl/α,β-unsaturated/α-hetero) is 1. The molecule has 7 rings (SSSR count). The van der Waals surface area contributed by atoms with Crippen molar-refractivity contribution < 1.29 is 46.3 Å². The Labute approximate surface area is 326 Å². The van der Waals surface area contributed by atoms with Crippen LogP contribution in [0.3, 0.4) is 0 Å². The second-order valence-electron chi connectivity index (χ2n) is 16.1. The van der Waals surface area contributed by atoms with Crippen LogP contribution in [0.1, 0.15) is 103 Å². The van der Waals surface area contributed by atoms with E-state index in [9.17, 15) is 32.1 Å². The molecule has 2 aromatic carbocycles. The number of amides is 2. The molecule has 1 N–H and O–H groups in total. The standard InChI is InChI=1S/C41H48N5O9S/c1-9-24-20-40(4,5)44(10-2)30-18-33-28(16-26(24)30)37(38-42(8)14-15-43(38)22-32(47)39(50)55-46-35(48)12-13-36(46)49)29-17-27-25(23-56(51,52)53)21-41(6,7)45(11-3)31(27)19-34(29)54-33/h14-20,25H,9-13,21-23H2,1-8H3/q+1/p+1. The lowest BCUT2D eigenvalue weighted by Crippen LogP contribution is -2.53. The summed E-state index contributed by atoms with van der Waals surface area (Å²) < 4.78 is 47.5. The number of allylic oxidation sites excluding steroid dienone is 1. The summed E-state index contributed by atoms with van der Waals surface area (Å²) in [6.45, 7) is 15.7. The van der Waals surface area contributed by atoms with Gasteiger partial charge in [0.15, 0.2) is 12.1 Å². The van der Waals surface area contributed by atoms with Gasteiger partial charge in [0.05, 0.1) is 30.0 Å². The van der Waals surface area contributed by atoms with Crippen molar-refractivity contribution in [3.8, 4) is 11.5 Å². The molecule has 56 heavy (non-hydrogen) atoms. The van der Waals surface area contributed by atoms with Crippen molar-refractivity contribution in [2.45, 2.75) is 97.7 Å². The van der Waals surface area contributed by atoms with Gasteiger partial charge in [-0.15, -0.1) is 5.06 Å². The van der Waals surface area contributed by atoms with Gasteiger partial charge in [-0.1, -0.05) is 13.0 Å². The summed E-state index contributed by atoms with van der Waals surface area (Å²) in [6, 6.07) is 8.04. The van der Waals surface area contributed by atoms with E-state index in [-0.39, 0.29) is 18.4 Å². The Morgan fingerprint density at radius 2 is 1.70 bits per heavy atom. The number of ether oxygens (including phenoxy) is 1. The van der Waals surface area contributed by atoms with E-state index >= 15 is 0 Å². The number of hydrogen-bond donors (Lipinski definition) is 1. The van der Waals surface area contributed by atoms with Crippen molar-refractivity contribution in [2.24, 2.45) is 7.05 Å². The zero-order valence-corrected chi connectivity index (χ0v) is 33.9. The number of imide groups is 1. The van der Waals surface area contributed by atoms with Gasteiger partial charge >= 0.3 is 5.97 Å². The molecule has 1 saturated heterocycles. The third-order valence-electron chi connectivity index (χ3n) is 11.5. The Bertz CT molecular complexity index is 2500. The third kappa shape index (κ3) is 6.63. The van der Waals surface area contributed by atoms with E-state index in [4.69, 9.17) is 9.57 Å². The summed E-state index contributed by atoms with van der Waals surface area (Å²) in [7, 11) is -2.54. The average Bonchev–Trinajstić information content (AvgIpc) is 3.63. The van der Waals surface area contributed by atoms with Crippen LogP contribution < -0.4 is 29.4 Å². The molecule has 15 heteroatoms. The highest BCUT2D eigenvalue weighted by molar-refractivity contribution is 7.85. The van der Waals surface area contributed by atoms with Crippen LogP contribution in [0, 0.1) is 0 Å². The molecule has 3 aromatic rings. The van der Waals surface area contributed by atoms with Crippen molar-refractivity contribution in [3.63, 3.8) is 0 Å². The van der Waals surface area contributed by atoms with E-state index in [0.717, 1.165) is 46.3 Å². The Kier molecular flexibility index (Phi) is 9.63. The maximum atomic E-state index is 13.5. The first-order valence-corrected chi connectivity index (χ1v) is 20.7. The molecule has 0 radical (unpaired) electrons. The highest BCUT2D eigenvalue weighted by Gasteiger charge is 2.43. The number of anilines is 1. The molecule has 0 aliphatic carbocycles. The SMILES string of the molecule is CCC1=CC(C)(C)N(CC)c2cc3c(cc21)C(c1n(CC(=O)C(=O)ON2C(=O)CCC2=O)cc[n+]1C)=c1cc2c(cc1O3)=[N+](CC)C(C)(C)CC2CS(=O)(=O)O. The van der Waals surface area contributed by atoms with E-state index in [2.05, 4.69) is 69.2 Å². The Morgan fingerprint density at radius 3 is 2.32 bits per heavy atom. The van der Waals surface area contributed by atoms with Gasteiger partial charge in [0.1, 0.15) is 30.4 Å². The number of hydrogen-bond acceptors (Lipinski definition) is 9. The number of hydroxylamine groups is 2. The van der Waals surface area contributed by atoms with Gasteiger partial charge in [-0.05, 0) is 65.7 Å². The predicted molar refractivity (Wildman–Crippen MR) is 207 cm³/mol. The molecule has 4 aliphatic heterocycles. The number of ketones is 1. The quantitative estimate of drug-likeness (QED) is 0.110. The van der Waals surface area contributed by atoms with Gasteiger partial charge in [0.25, 0.3) is 33.5 Å². The highest BCUT2D eigenvalue weighted by atomic mass is 32.2. The molecule has 4 aliphatic rings. The minimum absolute atomic E-state index is 0.106. The summed E-state index contributed by atoms with van der Waals surface area (Å²) in [5, 5.41) is 1.79. The normalized spacial score (nSPS) is 19.5. The number of imidazole rings is 1. The molecule has 2 amide bonds. The fourth-order valence-electron chi connectivity index (χ4n) is 9.16. The number of carbonyl (C=O) groups is 4. The summed E-state index contributed by atoms with van der Waals surface area (Å²) in [6.07, 6.45) is 6.71. The summed E-state index contributed by atoms with van der Waals surface area (Å²) in [4.78, 5) is 58.0. The lowest BCUT2D eigenvalue weighted by Gasteiger charge is -2.43. The average molecular weight is 788 g/mol. The van der Waals surface area contributed by atoms with Crippen LogP contribution in [0.25, 0.3) is 11.1 Å². The smallest absolute Gasteiger partial charge is 0.403 e. The van der Waals surface area contributed by atoms with E-state index in [1.54, 1.807) is 17.0 Å². The van der Waals surface area contributed by atoms with E-state index in [1.165, 1.54) is 0 Å². The first-order valence-electron chi connectivity index (χ1n) is 19.1. The summed E-state index contributed by atoms with van der Waals surface area (Å²) in [5.41, 5.74) is 4.62. The molecule has 0 saturated carbocycles. The summed E-state index contributed by atoms with van der Waals surface area (Å²) in [5.74, 6) is -3.08. The fraction of sp³-hybridized carbons (Fsp3) is 0.463. The maximum Gasteiger partial charge on any atom is 0.403 e. The lowest BCUT2D eigenvalue weighted by atomic mass is 9.81. The van der Waals surface area contributed by atoms with Crippen LogP contribution in [0.2, 0.25) is 0 Å². The van der Waals surface area contributed by atoms with Crippen molar-refractivity contribution in [1.82, 2.24) is 14.2 Å². The molecule has 5 heterocycles. The van der Waals surface area contributed by atoms with E-state index in [0.29, 0.717) is 46.1 Å². The number of rotatable bonds is 10. The molecular weight excluding hydrogens is 739 g/mol. The number of benzene rings is 2. The largest absolute Gasteiger partial charge is 0.456 e. The lowest BCUT2D eigenvalue weighted by molar-refractivity contribution is -0.673. The maximum absolute atomic E-state index is 13.5. The molecular formula is C41H49N5O9S+2. The van der Waals surface area contributed by atoms with Crippen LogP contribution in [-0.2, 0) is 47.7 Å². The van der Waals surface area contributed by atoms with Crippen LogP contribution in [0.15, 0.2) is 42.7 Å². The number of nitrogens with zero attached hydrogens (tertiary/aromatic N) is 5. The Morgan fingerprint density at radius 1 is 1.00 bits per heavy atom. The highest BCUT2D eigenvalue weighted by Crippen LogP contribution is 2.47. The topological polar surface area (TPSA) is 159 Å². The van der Waals surface area contributed by atoms with E-state index in [1.807, 2.05) is 30.7 Å². The number of carbonyl (C=O) groups excluding carboxylic acids is 4. The Hall–Kier alpha value is -5.15. The summed E-state index contributed by atoms with van der Waals surface area (Å²) >= 11 is 0. The zero-order chi connectivity index (χ0) is 40.6. The van der Waals surface area contributed by atoms with Crippen molar-refractivity contribution >= 4 is 50.5 Å². The monoisotopic (exact) mass is 787 g/mol. The molecule has 1 unspecified atom stereocenters. The Balaban J connectivity index is 1.50. The van der Waals surface area contributed by atoms with Gasteiger partial charge in [-0.25, -0.2) is 18.5 Å². The third-order valence-corrected chi connectivity index (χ3v) is 12.3. The number of aryl methyl sites for hydroxylation is 1. The van der Waals surface area contributed by atoms with Crippen LogP contribution in [-0.4, -0.2) is 76.1 Å². The van der Waals surface area contributed by atoms with Crippen molar-refractivity contribution in [3.05, 3.63) is 75.8 Å². The first-order chi connectivity index (χ1) is 26.3. The number of aromatic nitrogens is 2. The van der Waals surface area contributed by atoms with Crippen LogP contribution in [0.5, 0.6) is 11.5 Å². The van der Waals surface area contributed by atoms with Gasteiger partial charge < -0.3 is 14.5 Å². The molecule has 0 bridgehead atoms. The molecule has 1 fully saturated rings. The number of fused-ring (bicyclic) bond motifs is 4. The number of likely N-dealkylation sites (N-methyl/N-ethyl adjacent to an activating group) is 1. The molecule has 14 nitrogen and oxygen atoms in total.